The third-order valence-electron chi connectivity index (χ3n) is 12.0. The molecule has 59 heavy (non-hydrogen) atoms. The van der Waals surface area contributed by atoms with Crippen LogP contribution >= 0.6 is 11.3 Å². The van der Waals surface area contributed by atoms with E-state index in [2.05, 4.69) is 228 Å². The fourth-order valence-electron chi connectivity index (χ4n) is 9.30. The Morgan fingerprint density at radius 1 is 0.356 bits per heavy atom. The molecule has 12 aromatic rings. The Balaban J connectivity index is 1.04. The summed E-state index contributed by atoms with van der Waals surface area (Å²) < 4.78 is 5.05. The molecule has 0 unspecified atom stereocenters. The van der Waals surface area contributed by atoms with E-state index in [1.54, 1.807) is 0 Å². The number of nitrogens with zero attached hydrogens (tertiary/aromatic N) is 2. The second-order valence-electron chi connectivity index (χ2n) is 15.3. The number of benzene rings is 9. The van der Waals surface area contributed by atoms with Gasteiger partial charge in [0, 0.05) is 43.4 Å². The SMILES string of the molecule is c1ccc(-c2c3cccc(-c4ccc(N(c5ccc(-c6cccc7ccccc67)cc5)c5cccc6c5sc5ccccc56)cc4)c3n3c2ccc2ccccc23)cc1. The standard InChI is InChI=1S/C56H36N2S/c1-2-15-41(16-3-1)54-49-23-11-21-46(55(49)58-50-24-8-5-14-40(50)31-36-51(54)58)39-29-34-43(35-30-39)57(52-25-12-22-48-47-19-7-9-26-53(47)59-56(48)52)42-32-27-38(28-33-42)45-20-10-17-37-13-4-6-18-44(37)45/h1-36H. The average molecular weight is 769 g/mol. The number of para-hydroxylation sites is 2. The van der Waals surface area contributed by atoms with Gasteiger partial charge in [0.05, 0.1) is 26.9 Å². The molecule has 276 valence electrons. The molecule has 0 spiro atoms. The predicted octanol–water partition coefficient (Wildman–Crippen LogP) is 16.2. The molecular weight excluding hydrogens is 733 g/mol. The lowest BCUT2D eigenvalue weighted by Gasteiger charge is -2.26. The molecule has 3 heteroatoms. The van der Waals surface area contributed by atoms with Crippen molar-refractivity contribution in [3.8, 4) is 33.4 Å². The van der Waals surface area contributed by atoms with E-state index in [1.807, 2.05) is 11.3 Å². The van der Waals surface area contributed by atoms with Crippen molar-refractivity contribution in [2.75, 3.05) is 4.90 Å². The van der Waals surface area contributed by atoms with Crippen molar-refractivity contribution in [2.45, 2.75) is 0 Å². The molecule has 0 N–H and O–H groups in total. The number of anilines is 3. The van der Waals surface area contributed by atoms with Gasteiger partial charge in [0.25, 0.3) is 0 Å². The highest BCUT2D eigenvalue weighted by atomic mass is 32.1. The van der Waals surface area contributed by atoms with Crippen LogP contribution in [0.5, 0.6) is 0 Å². The fraction of sp³-hybridized carbons (Fsp3) is 0. The lowest BCUT2D eigenvalue weighted by molar-refractivity contribution is 1.30. The van der Waals surface area contributed by atoms with Crippen LogP contribution in [0.15, 0.2) is 218 Å². The first-order chi connectivity index (χ1) is 29.3. The highest BCUT2D eigenvalue weighted by Crippen LogP contribution is 2.46. The minimum atomic E-state index is 1.11. The highest BCUT2D eigenvalue weighted by Gasteiger charge is 2.21. The van der Waals surface area contributed by atoms with Crippen LogP contribution in [0.1, 0.15) is 0 Å². The lowest BCUT2D eigenvalue weighted by Crippen LogP contribution is -2.10. The summed E-state index contributed by atoms with van der Waals surface area (Å²) in [5.74, 6) is 0. The van der Waals surface area contributed by atoms with Gasteiger partial charge in [0.2, 0.25) is 0 Å². The Kier molecular flexibility index (Phi) is 7.75. The number of thiophene rings is 1. The molecule has 0 fully saturated rings. The largest absolute Gasteiger partial charge is 0.309 e. The molecule has 0 saturated carbocycles. The van der Waals surface area contributed by atoms with Gasteiger partial charge in [0.1, 0.15) is 0 Å². The van der Waals surface area contributed by atoms with Crippen molar-refractivity contribution >= 4 is 86.7 Å². The van der Waals surface area contributed by atoms with E-state index in [9.17, 15) is 0 Å². The molecular formula is C56H36N2S. The molecule has 9 aromatic carbocycles. The maximum absolute atomic E-state index is 2.47. The van der Waals surface area contributed by atoms with E-state index in [4.69, 9.17) is 0 Å². The van der Waals surface area contributed by atoms with Crippen LogP contribution in [0.2, 0.25) is 0 Å². The van der Waals surface area contributed by atoms with E-state index in [0.717, 1.165) is 11.4 Å². The van der Waals surface area contributed by atoms with Gasteiger partial charge in [-0.05, 0) is 86.9 Å². The number of hydrogen-bond acceptors (Lipinski definition) is 2. The van der Waals surface area contributed by atoms with Gasteiger partial charge in [-0.25, -0.2) is 0 Å². The second kappa shape index (κ2) is 13.6. The number of fused-ring (bicyclic) bond motifs is 9. The van der Waals surface area contributed by atoms with Crippen LogP contribution in [-0.2, 0) is 0 Å². The van der Waals surface area contributed by atoms with Gasteiger partial charge in [-0.1, -0.05) is 170 Å². The van der Waals surface area contributed by atoms with Gasteiger partial charge >= 0.3 is 0 Å². The summed E-state index contributed by atoms with van der Waals surface area (Å²) in [6.45, 7) is 0. The summed E-state index contributed by atoms with van der Waals surface area (Å²) in [7, 11) is 0. The maximum Gasteiger partial charge on any atom is 0.0640 e. The van der Waals surface area contributed by atoms with E-state index in [1.165, 1.54) is 97.3 Å². The molecule has 0 aliphatic heterocycles. The highest BCUT2D eigenvalue weighted by molar-refractivity contribution is 7.26. The normalized spacial score (nSPS) is 11.7. The van der Waals surface area contributed by atoms with Crippen molar-refractivity contribution in [3.05, 3.63) is 218 Å². The van der Waals surface area contributed by atoms with E-state index in [0.29, 0.717) is 0 Å². The van der Waals surface area contributed by atoms with Crippen LogP contribution in [0.25, 0.3) is 91.6 Å². The average Bonchev–Trinajstić information content (AvgIpc) is 3.87. The van der Waals surface area contributed by atoms with Crippen LogP contribution < -0.4 is 4.90 Å². The van der Waals surface area contributed by atoms with Crippen molar-refractivity contribution in [2.24, 2.45) is 0 Å². The topological polar surface area (TPSA) is 7.65 Å². The van der Waals surface area contributed by atoms with E-state index < -0.39 is 0 Å². The second-order valence-corrected chi connectivity index (χ2v) is 16.3. The molecule has 3 heterocycles. The molecule has 0 radical (unpaired) electrons. The molecule has 0 aliphatic rings. The summed E-state index contributed by atoms with van der Waals surface area (Å²) in [6, 6.07) is 79.9. The Labute approximate surface area is 346 Å². The number of rotatable bonds is 6. The first-order valence-corrected chi connectivity index (χ1v) is 21.0. The lowest BCUT2D eigenvalue weighted by atomic mass is 9.97. The quantitative estimate of drug-likeness (QED) is 0.163. The Bertz CT molecular complexity index is 3540. The molecule has 2 nitrogen and oxygen atoms in total. The van der Waals surface area contributed by atoms with Crippen LogP contribution in [-0.4, -0.2) is 4.40 Å². The summed E-state index contributed by atoms with van der Waals surface area (Å²) in [4.78, 5) is 2.43. The number of aromatic nitrogens is 1. The zero-order valence-electron chi connectivity index (χ0n) is 32.1. The van der Waals surface area contributed by atoms with Gasteiger partial charge in [-0.3, -0.25) is 0 Å². The monoisotopic (exact) mass is 768 g/mol. The van der Waals surface area contributed by atoms with Crippen LogP contribution in [0.3, 0.4) is 0 Å². The maximum atomic E-state index is 2.47. The van der Waals surface area contributed by atoms with Crippen molar-refractivity contribution in [3.63, 3.8) is 0 Å². The Hall–Kier alpha value is -7.46. The Morgan fingerprint density at radius 3 is 1.76 bits per heavy atom. The van der Waals surface area contributed by atoms with Crippen molar-refractivity contribution in [1.82, 2.24) is 4.40 Å². The van der Waals surface area contributed by atoms with E-state index in [-0.39, 0.29) is 0 Å². The van der Waals surface area contributed by atoms with Gasteiger partial charge in [-0.15, -0.1) is 11.3 Å². The first-order valence-electron chi connectivity index (χ1n) is 20.2. The number of hydrogen-bond donors (Lipinski definition) is 0. The summed E-state index contributed by atoms with van der Waals surface area (Å²) in [5, 5.41) is 7.56. The van der Waals surface area contributed by atoms with Crippen molar-refractivity contribution < 1.29 is 0 Å². The predicted molar refractivity (Wildman–Crippen MR) is 254 cm³/mol. The van der Waals surface area contributed by atoms with Gasteiger partial charge in [0.15, 0.2) is 0 Å². The third-order valence-corrected chi connectivity index (χ3v) is 13.2. The first kappa shape index (κ1) is 33.7. The number of pyridine rings is 1. The molecule has 3 aromatic heterocycles. The van der Waals surface area contributed by atoms with Crippen molar-refractivity contribution in [1.29, 1.82) is 0 Å². The summed E-state index contributed by atoms with van der Waals surface area (Å²) in [5.41, 5.74) is 14.4. The van der Waals surface area contributed by atoms with Crippen LogP contribution in [0, 0.1) is 0 Å². The third kappa shape index (κ3) is 5.40. The minimum Gasteiger partial charge on any atom is -0.309 e. The Morgan fingerprint density at radius 2 is 0.949 bits per heavy atom. The molecule has 0 atom stereocenters. The fourth-order valence-corrected chi connectivity index (χ4v) is 10.5. The van der Waals surface area contributed by atoms with Gasteiger partial charge in [-0.2, -0.15) is 0 Å². The molecule has 0 bridgehead atoms. The zero-order valence-corrected chi connectivity index (χ0v) is 32.9. The molecule has 0 amide bonds. The smallest absolute Gasteiger partial charge is 0.0640 e. The minimum absolute atomic E-state index is 1.11. The summed E-state index contributed by atoms with van der Waals surface area (Å²) in [6.07, 6.45) is 0. The zero-order chi connectivity index (χ0) is 38.9. The van der Waals surface area contributed by atoms with Crippen LogP contribution in [0.4, 0.5) is 17.1 Å². The van der Waals surface area contributed by atoms with Gasteiger partial charge < -0.3 is 9.30 Å². The van der Waals surface area contributed by atoms with E-state index >= 15 is 0 Å². The summed E-state index contributed by atoms with van der Waals surface area (Å²) >= 11 is 1.87. The molecule has 12 rings (SSSR count). The molecule has 0 aliphatic carbocycles. The molecule has 0 saturated heterocycles.